The second-order valence-corrected chi connectivity index (χ2v) is 11.1. The van der Waals surface area contributed by atoms with E-state index < -0.39 is 20.7 Å². The Morgan fingerprint density at radius 2 is 2.17 bits per heavy atom. The minimum Gasteiger partial charge on any atom is -0.394 e. The zero-order chi connectivity index (χ0) is 25.6. The zero-order valence-corrected chi connectivity index (χ0v) is 20.7. The lowest BCUT2D eigenvalue weighted by Crippen LogP contribution is -2.38. The fourth-order valence-electron chi connectivity index (χ4n) is 4.58. The number of nitrogens with zero attached hydrogens (tertiary/aromatic N) is 5. The van der Waals surface area contributed by atoms with E-state index in [0.29, 0.717) is 29.6 Å². The van der Waals surface area contributed by atoms with Crippen LogP contribution in [0.1, 0.15) is 40.5 Å². The van der Waals surface area contributed by atoms with Crippen LogP contribution >= 0.6 is 0 Å². The molecule has 4 N–H and O–H groups in total. The summed E-state index contributed by atoms with van der Waals surface area (Å²) in [5, 5.41) is 17.3. The Bertz CT molecular complexity index is 1450. The number of hydrogen-bond acceptors (Lipinski definition) is 6. The third-order valence-electron chi connectivity index (χ3n) is 6.52. The van der Waals surface area contributed by atoms with Crippen LogP contribution in [0.5, 0.6) is 0 Å². The highest BCUT2D eigenvalue weighted by atomic mass is 28.3. The number of imidazole rings is 1. The van der Waals surface area contributed by atoms with Gasteiger partial charge in [0.1, 0.15) is 22.9 Å². The van der Waals surface area contributed by atoms with Gasteiger partial charge in [-0.25, -0.2) is 9.37 Å². The van der Waals surface area contributed by atoms with Crippen LogP contribution in [0.25, 0.3) is 11.0 Å². The van der Waals surface area contributed by atoms with Crippen molar-refractivity contribution in [3.05, 3.63) is 53.8 Å². The summed E-state index contributed by atoms with van der Waals surface area (Å²) in [5.74, 6) is 4.49. The van der Waals surface area contributed by atoms with Crippen molar-refractivity contribution in [2.24, 2.45) is 5.73 Å². The van der Waals surface area contributed by atoms with E-state index in [4.69, 9.17) is 5.73 Å². The maximum absolute atomic E-state index is 14.9. The van der Waals surface area contributed by atoms with Gasteiger partial charge in [0, 0.05) is 25.3 Å². The largest absolute Gasteiger partial charge is 0.394 e. The number of anilines is 1. The molecule has 0 unspecified atom stereocenters. The van der Waals surface area contributed by atoms with E-state index in [1.807, 2.05) is 4.57 Å². The number of hydrogen-bond donors (Lipinski definition) is 3. The van der Waals surface area contributed by atoms with Crippen molar-refractivity contribution < 1.29 is 19.1 Å². The number of nitrogens with two attached hydrogens (primary N) is 1. The van der Waals surface area contributed by atoms with Crippen molar-refractivity contribution in [2.75, 3.05) is 25.1 Å². The molecule has 0 bridgehead atoms. The Kier molecular flexibility index (Phi) is 6.11. The number of aromatic nitrogens is 4. The standard InChI is InChI=1S/C24H25FN7O3Si/c1-3-21(34)31-13-36(11-16(31)10-33)32-24(27-2)22(23(26)35)18(29-32)7-4-14-8-19-20(9-17(14)25)30(12-28-19)15-5-6-15/h3,8-9,12,15-16,27,33H,1,5-6,10-11,13H2,2H3,(H2,26,35)/t16-/m0/s1. The first-order chi connectivity index (χ1) is 17.4. The molecule has 1 aliphatic heterocycles. The fraction of sp³-hybridized carbons (Fsp3) is 0.333. The second kappa shape index (κ2) is 9.25. The number of amides is 2. The molecule has 1 aromatic carbocycles. The molecule has 2 aromatic heterocycles. The molecular weight excluding hydrogens is 481 g/mol. The molecule has 2 amide bonds. The van der Waals surface area contributed by atoms with Gasteiger partial charge >= 0.3 is 0 Å². The van der Waals surface area contributed by atoms with E-state index in [9.17, 15) is 19.1 Å². The van der Waals surface area contributed by atoms with Gasteiger partial charge in [-0.15, -0.1) is 0 Å². The van der Waals surface area contributed by atoms with Crippen molar-refractivity contribution in [2.45, 2.75) is 31.0 Å². The minimum absolute atomic E-state index is 0.0936. The summed E-state index contributed by atoms with van der Waals surface area (Å²) in [6, 6.07) is 3.53. The number of aliphatic hydroxyl groups is 1. The number of primary amides is 1. The number of rotatable bonds is 6. The van der Waals surface area contributed by atoms with Crippen molar-refractivity contribution >= 4 is 37.6 Å². The van der Waals surface area contributed by atoms with Crippen LogP contribution in [0, 0.1) is 17.7 Å². The Hall–Kier alpha value is -3.95. The highest BCUT2D eigenvalue weighted by Gasteiger charge is 2.39. The molecule has 1 saturated heterocycles. The normalized spacial score (nSPS) is 17.8. The molecule has 185 valence electrons. The molecule has 2 fully saturated rings. The van der Waals surface area contributed by atoms with E-state index in [-0.39, 0.29) is 35.4 Å². The molecule has 3 aromatic rings. The van der Waals surface area contributed by atoms with E-state index in [2.05, 4.69) is 33.8 Å². The van der Waals surface area contributed by atoms with Crippen LogP contribution in [0.4, 0.5) is 10.2 Å². The molecule has 1 aliphatic carbocycles. The van der Waals surface area contributed by atoms with Crippen LogP contribution < -0.4 is 11.1 Å². The van der Waals surface area contributed by atoms with Crippen LogP contribution in [0.2, 0.25) is 6.04 Å². The smallest absolute Gasteiger partial charge is 0.255 e. The van der Waals surface area contributed by atoms with E-state index in [1.54, 1.807) is 28.7 Å². The highest BCUT2D eigenvalue weighted by Crippen LogP contribution is 2.37. The first-order valence-corrected chi connectivity index (χ1v) is 13.4. The Balaban J connectivity index is 1.52. The van der Waals surface area contributed by atoms with Gasteiger partial charge in [0.05, 0.1) is 35.6 Å². The SMILES string of the molecule is C=CC(=O)N1C[Si](n2nc(C#Cc3cc4ncn(C5CC5)c4cc3F)c(C(N)=O)c2NC)C[C@@H]1CO. The van der Waals surface area contributed by atoms with Crippen LogP contribution in [-0.2, 0) is 4.79 Å². The van der Waals surface area contributed by atoms with E-state index >= 15 is 0 Å². The second-order valence-electron chi connectivity index (χ2n) is 8.83. The molecule has 1 atom stereocenters. The number of aliphatic hydroxyl groups excluding tert-OH is 1. The van der Waals surface area contributed by atoms with E-state index in [0.717, 1.165) is 18.4 Å². The van der Waals surface area contributed by atoms with Gasteiger partial charge in [-0.2, -0.15) is 5.10 Å². The third kappa shape index (κ3) is 4.06. The van der Waals surface area contributed by atoms with Gasteiger partial charge < -0.3 is 25.6 Å². The fourth-order valence-corrected chi connectivity index (χ4v) is 7.49. The molecule has 1 saturated carbocycles. The summed E-state index contributed by atoms with van der Waals surface area (Å²) in [5.41, 5.74) is 7.38. The lowest BCUT2D eigenvalue weighted by Gasteiger charge is -2.20. The van der Waals surface area contributed by atoms with Crippen LogP contribution in [0.3, 0.4) is 0 Å². The summed E-state index contributed by atoms with van der Waals surface area (Å²) in [6.45, 7) is 3.33. The average Bonchev–Trinajstić information content (AvgIpc) is 3.32. The highest BCUT2D eigenvalue weighted by molar-refractivity contribution is 6.59. The summed E-state index contributed by atoms with van der Waals surface area (Å²) in [6.07, 6.45) is 5.40. The average molecular weight is 507 g/mol. The topological polar surface area (TPSA) is 131 Å². The van der Waals surface area contributed by atoms with Crippen molar-refractivity contribution in [1.29, 1.82) is 0 Å². The predicted molar refractivity (Wildman–Crippen MR) is 133 cm³/mol. The maximum atomic E-state index is 14.9. The summed E-state index contributed by atoms with van der Waals surface area (Å²) in [7, 11) is 0.0647. The van der Waals surface area contributed by atoms with E-state index in [1.165, 1.54) is 12.1 Å². The van der Waals surface area contributed by atoms with Gasteiger partial charge in [0.2, 0.25) is 14.9 Å². The minimum atomic E-state index is -1.57. The van der Waals surface area contributed by atoms with Gasteiger partial charge in [-0.1, -0.05) is 12.5 Å². The third-order valence-corrected chi connectivity index (χ3v) is 9.09. The van der Waals surface area contributed by atoms with Crippen LogP contribution in [-0.4, -0.2) is 75.6 Å². The van der Waals surface area contributed by atoms with Crippen molar-refractivity contribution in [3.8, 4) is 11.8 Å². The number of benzene rings is 1. The monoisotopic (exact) mass is 506 g/mol. The first kappa shape index (κ1) is 23.8. The van der Waals surface area contributed by atoms with Crippen LogP contribution in [0.15, 0.2) is 31.1 Å². The lowest BCUT2D eigenvalue weighted by molar-refractivity contribution is -0.127. The molecule has 0 spiro atoms. The Morgan fingerprint density at radius 3 is 2.81 bits per heavy atom. The van der Waals surface area contributed by atoms with Gasteiger partial charge in [0.15, 0.2) is 0 Å². The zero-order valence-electron chi connectivity index (χ0n) is 19.7. The summed E-state index contributed by atoms with van der Waals surface area (Å²) in [4.78, 5) is 30.6. The van der Waals surface area contributed by atoms with Crippen molar-refractivity contribution in [3.63, 3.8) is 0 Å². The molecular formula is C24H25FN7O3Si. The maximum Gasteiger partial charge on any atom is 0.255 e. The predicted octanol–water partition coefficient (Wildman–Crippen LogP) is 1.02. The first-order valence-electron chi connectivity index (χ1n) is 11.5. The molecule has 5 rings (SSSR count). The van der Waals surface area contributed by atoms with Gasteiger partial charge in [0.25, 0.3) is 5.91 Å². The lowest BCUT2D eigenvalue weighted by atomic mass is 10.1. The summed E-state index contributed by atoms with van der Waals surface area (Å²) >= 11 is 0. The summed E-state index contributed by atoms with van der Waals surface area (Å²) < 4.78 is 18.6. The number of fused-ring (bicyclic) bond motifs is 1. The number of halogens is 1. The van der Waals surface area contributed by atoms with Gasteiger partial charge in [-0.3, -0.25) is 13.9 Å². The molecule has 1 radical (unpaired) electrons. The number of nitrogens with one attached hydrogen (secondary N) is 1. The Labute approximate surface area is 208 Å². The molecule has 36 heavy (non-hydrogen) atoms. The molecule has 12 heteroatoms. The number of carbonyl (C=O) groups excluding carboxylic acids is 2. The molecule has 3 heterocycles. The Morgan fingerprint density at radius 1 is 1.39 bits per heavy atom. The van der Waals surface area contributed by atoms with Crippen molar-refractivity contribution in [1.82, 2.24) is 23.9 Å². The molecule has 10 nitrogen and oxygen atoms in total. The number of carbonyl (C=O) groups is 2. The van der Waals surface area contributed by atoms with Gasteiger partial charge in [-0.05, 0) is 36.9 Å². The molecule has 2 aliphatic rings. The quantitative estimate of drug-likeness (QED) is 0.260.